The number of benzene rings is 1. The summed E-state index contributed by atoms with van der Waals surface area (Å²) in [4.78, 5) is 11.3. The standard InChI is InChI=1S/C11H10BrFO2/c1-6(14)9-4-7(13)5-10(12)11(9)15-8-2-3-8/h4-5,8H,2-3H2,1H3. The van der Waals surface area contributed by atoms with Crippen molar-refractivity contribution in [2.45, 2.75) is 25.9 Å². The van der Waals surface area contributed by atoms with E-state index >= 15 is 0 Å². The highest BCUT2D eigenvalue weighted by Crippen LogP contribution is 2.35. The first-order chi connectivity index (χ1) is 7.08. The first-order valence-corrected chi connectivity index (χ1v) is 5.54. The van der Waals surface area contributed by atoms with Crippen LogP contribution in [0.25, 0.3) is 0 Å². The lowest BCUT2D eigenvalue weighted by Gasteiger charge is -2.11. The Labute approximate surface area is 95.6 Å². The Hall–Kier alpha value is -0.900. The zero-order chi connectivity index (χ0) is 11.0. The van der Waals surface area contributed by atoms with Crippen molar-refractivity contribution in [2.24, 2.45) is 0 Å². The number of carbonyl (C=O) groups excluding carboxylic acids is 1. The second kappa shape index (κ2) is 3.93. The molecule has 1 aromatic carbocycles. The number of hydrogen-bond acceptors (Lipinski definition) is 2. The lowest BCUT2D eigenvalue weighted by Crippen LogP contribution is -2.04. The van der Waals surface area contributed by atoms with E-state index < -0.39 is 5.82 Å². The Kier molecular flexibility index (Phi) is 2.78. The molecule has 0 atom stereocenters. The van der Waals surface area contributed by atoms with Gasteiger partial charge in [-0.05, 0) is 47.8 Å². The fraction of sp³-hybridized carbons (Fsp3) is 0.364. The highest BCUT2D eigenvalue weighted by atomic mass is 79.9. The molecule has 1 fully saturated rings. The molecule has 1 saturated carbocycles. The van der Waals surface area contributed by atoms with E-state index in [1.54, 1.807) is 0 Å². The zero-order valence-electron chi connectivity index (χ0n) is 8.22. The van der Waals surface area contributed by atoms with Gasteiger partial charge in [-0.2, -0.15) is 0 Å². The Morgan fingerprint density at radius 3 is 2.73 bits per heavy atom. The Balaban J connectivity index is 2.42. The topological polar surface area (TPSA) is 26.3 Å². The van der Waals surface area contributed by atoms with Crippen molar-refractivity contribution in [3.8, 4) is 5.75 Å². The molecule has 2 nitrogen and oxygen atoms in total. The van der Waals surface area contributed by atoms with Gasteiger partial charge < -0.3 is 4.74 Å². The fourth-order valence-corrected chi connectivity index (χ4v) is 1.82. The predicted octanol–water partition coefficient (Wildman–Crippen LogP) is 3.33. The van der Waals surface area contributed by atoms with Gasteiger partial charge >= 0.3 is 0 Å². The maximum Gasteiger partial charge on any atom is 0.163 e. The van der Waals surface area contributed by atoms with Crippen molar-refractivity contribution in [3.05, 3.63) is 28.0 Å². The van der Waals surface area contributed by atoms with Crippen LogP contribution in [0.3, 0.4) is 0 Å². The predicted molar refractivity (Wildman–Crippen MR) is 57.8 cm³/mol. The van der Waals surface area contributed by atoms with Crippen molar-refractivity contribution in [1.82, 2.24) is 0 Å². The van der Waals surface area contributed by atoms with Gasteiger partial charge in [0.1, 0.15) is 11.6 Å². The average Bonchev–Trinajstić information content (AvgIpc) is 2.92. The van der Waals surface area contributed by atoms with E-state index in [1.165, 1.54) is 19.1 Å². The third kappa shape index (κ3) is 2.37. The SMILES string of the molecule is CC(=O)c1cc(F)cc(Br)c1OC1CC1. The molecule has 1 aliphatic rings. The number of rotatable bonds is 3. The third-order valence-corrected chi connectivity index (χ3v) is 2.79. The van der Waals surface area contributed by atoms with Gasteiger partial charge in [0, 0.05) is 0 Å². The Morgan fingerprint density at radius 1 is 1.53 bits per heavy atom. The molecule has 80 valence electrons. The molecule has 15 heavy (non-hydrogen) atoms. The van der Waals surface area contributed by atoms with E-state index in [2.05, 4.69) is 15.9 Å². The number of ketones is 1. The van der Waals surface area contributed by atoms with Gasteiger partial charge in [-0.15, -0.1) is 0 Å². The molecule has 0 aliphatic heterocycles. The lowest BCUT2D eigenvalue weighted by atomic mass is 10.1. The molecule has 1 aromatic rings. The second-order valence-electron chi connectivity index (χ2n) is 3.64. The molecule has 0 saturated heterocycles. The largest absolute Gasteiger partial charge is 0.488 e. The van der Waals surface area contributed by atoms with Crippen LogP contribution < -0.4 is 4.74 Å². The van der Waals surface area contributed by atoms with Crippen LogP contribution in [0.4, 0.5) is 4.39 Å². The molecule has 0 aromatic heterocycles. The second-order valence-corrected chi connectivity index (χ2v) is 4.49. The highest BCUT2D eigenvalue weighted by Gasteiger charge is 2.26. The normalized spacial score (nSPS) is 15.1. The average molecular weight is 273 g/mol. The maximum atomic E-state index is 13.1. The third-order valence-electron chi connectivity index (χ3n) is 2.20. The highest BCUT2D eigenvalue weighted by molar-refractivity contribution is 9.10. The number of Topliss-reactive ketones (excluding diaryl/α,β-unsaturated/α-hetero) is 1. The monoisotopic (exact) mass is 272 g/mol. The molecule has 0 N–H and O–H groups in total. The van der Waals surface area contributed by atoms with E-state index in [0.717, 1.165) is 12.8 Å². The minimum Gasteiger partial charge on any atom is -0.488 e. The van der Waals surface area contributed by atoms with Crippen LogP contribution in [0.15, 0.2) is 16.6 Å². The van der Waals surface area contributed by atoms with Gasteiger partial charge in [0.25, 0.3) is 0 Å². The number of carbonyl (C=O) groups is 1. The quantitative estimate of drug-likeness (QED) is 0.789. The molecule has 4 heteroatoms. The van der Waals surface area contributed by atoms with Crippen LogP contribution in [0, 0.1) is 5.82 Å². The van der Waals surface area contributed by atoms with Crippen molar-refractivity contribution in [2.75, 3.05) is 0 Å². The van der Waals surface area contributed by atoms with Crippen molar-refractivity contribution < 1.29 is 13.9 Å². The van der Waals surface area contributed by atoms with Crippen LogP contribution in [-0.2, 0) is 0 Å². The molecule has 0 heterocycles. The summed E-state index contributed by atoms with van der Waals surface area (Å²) in [5, 5.41) is 0. The minimum absolute atomic E-state index is 0.185. The summed E-state index contributed by atoms with van der Waals surface area (Å²) >= 11 is 3.21. The molecule has 0 unspecified atom stereocenters. The summed E-state index contributed by atoms with van der Waals surface area (Å²) in [6.45, 7) is 1.40. The number of hydrogen-bond donors (Lipinski definition) is 0. The molecule has 1 aliphatic carbocycles. The van der Waals surface area contributed by atoms with Crippen LogP contribution in [0.2, 0.25) is 0 Å². The summed E-state index contributed by atoms with van der Waals surface area (Å²) in [5.41, 5.74) is 0.300. The van der Waals surface area contributed by atoms with Gasteiger partial charge in [0.15, 0.2) is 5.78 Å². The van der Waals surface area contributed by atoms with Gasteiger partial charge in [-0.1, -0.05) is 0 Å². The molecule has 0 amide bonds. The van der Waals surface area contributed by atoms with Gasteiger partial charge in [0.05, 0.1) is 16.1 Å². The summed E-state index contributed by atoms with van der Waals surface area (Å²) in [6.07, 6.45) is 2.19. The fourth-order valence-electron chi connectivity index (χ4n) is 1.29. The molecule has 2 rings (SSSR count). The number of ether oxygens (including phenoxy) is 1. The molecular formula is C11H10BrFO2. The van der Waals surface area contributed by atoms with Crippen molar-refractivity contribution in [3.63, 3.8) is 0 Å². The van der Waals surface area contributed by atoms with Gasteiger partial charge in [0.2, 0.25) is 0 Å². The van der Waals surface area contributed by atoms with Crippen LogP contribution in [-0.4, -0.2) is 11.9 Å². The van der Waals surface area contributed by atoms with Crippen LogP contribution in [0.1, 0.15) is 30.1 Å². The van der Waals surface area contributed by atoms with E-state index in [-0.39, 0.29) is 11.9 Å². The van der Waals surface area contributed by atoms with Crippen LogP contribution >= 0.6 is 15.9 Å². The lowest BCUT2D eigenvalue weighted by molar-refractivity contribution is 0.101. The number of halogens is 2. The summed E-state index contributed by atoms with van der Waals surface area (Å²) < 4.78 is 19.2. The summed E-state index contributed by atoms with van der Waals surface area (Å²) in [6, 6.07) is 2.52. The molecular weight excluding hydrogens is 263 g/mol. The van der Waals surface area contributed by atoms with E-state index in [1.807, 2.05) is 0 Å². The van der Waals surface area contributed by atoms with Crippen molar-refractivity contribution >= 4 is 21.7 Å². The van der Waals surface area contributed by atoms with Crippen LogP contribution in [0.5, 0.6) is 5.75 Å². The van der Waals surface area contributed by atoms with E-state index in [9.17, 15) is 9.18 Å². The molecule has 0 spiro atoms. The summed E-state index contributed by atoms with van der Waals surface area (Å²) in [5.74, 6) is -0.160. The van der Waals surface area contributed by atoms with E-state index in [0.29, 0.717) is 15.8 Å². The van der Waals surface area contributed by atoms with E-state index in [4.69, 9.17) is 4.74 Å². The first-order valence-electron chi connectivity index (χ1n) is 4.74. The smallest absolute Gasteiger partial charge is 0.163 e. The zero-order valence-corrected chi connectivity index (χ0v) is 9.80. The van der Waals surface area contributed by atoms with Gasteiger partial charge in [-0.3, -0.25) is 4.79 Å². The van der Waals surface area contributed by atoms with Gasteiger partial charge in [-0.25, -0.2) is 4.39 Å². The molecule has 0 radical (unpaired) electrons. The Bertz CT molecular complexity index is 413. The first kappa shape index (κ1) is 10.6. The Morgan fingerprint density at radius 2 is 2.20 bits per heavy atom. The van der Waals surface area contributed by atoms with Crippen molar-refractivity contribution in [1.29, 1.82) is 0 Å². The maximum absolute atomic E-state index is 13.1. The summed E-state index contributed by atoms with van der Waals surface area (Å²) in [7, 11) is 0. The molecule has 0 bridgehead atoms. The minimum atomic E-state index is -0.435.